The second kappa shape index (κ2) is 5.55. The number of aromatic nitrogens is 3. The van der Waals surface area contributed by atoms with Crippen molar-refractivity contribution in [3.63, 3.8) is 0 Å². The topological polar surface area (TPSA) is 85.8 Å². The standard InChI is InChI=1S/C9H15N5OS/c1-3-6(8(10)16)9(15)11-4-7-12-5-14(2)13-7/h5-6H,3-4H2,1-2H3,(H2,10,16)(H,11,15). The van der Waals surface area contributed by atoms with E-state index in [1.807, 2.05) is 6.92 Å². The smallest absolute Gasteiger partial charge is 0.230 e. The van der Waals surface area contributed by atoms with Crippen molar-refractivity contribution in [2.24, 2.45) is 18.7 Å². The summed E-state index contributed by atoms with van der Waals surface area (Å²) in [6, 6.07) is 0. The minimum Gasteiger partial charge on any atom is -0.393 e. The minimum atomic E-state index is -0.418. The molecule has 0 aliphatic heterocycles. The van der Waals surface area contributed by atoms with Crippen molar-refractivity contribution in [3.8, 4) is 0 Å². The Morgan fingerprint density at radius 2 is 2.44 bits per heavy atom. The highest BCUT2D eigenvalue weighted by atomic mass is 32.1. The number of nitrogens with one attached hydrogen (secondary N) is 1. The van der Waals surface area contributed by atoms with E-state index in [4.69, 9.17) is 18.0 Å². The summed E-state index contributed by atoms with van der Waals surface area (Å²) in [4.78, 5) is 15.9. The molecule has 16 heavy (non-hydrogen) atoms. The molecule has 1 atom stereocenters. The highest BCUT2D eigenvalue weighted by molar-refractivity contribution is 7.80. The van der Waals surface area contributed by atoms with Crippen LogP contribution in [-0.2, 0) is 18.4 Å². The molecule has 6 nitrogen and oxygen atoms in total. The number of carbonyl (C=O) groups excluding carboxylic acids is 1. The Balaban J connectivity index is 2.49. The molecule has 0 saturated heterocycles. The lowest BCUT2D eigenvalue weighted by molar-refractivity contribution is -0.123. The number of hydrogen-bond acceptors (Lipinski definition) is 4. The maximum atomic E-state index is 11.7. The van der Waals surface area contributed by atoms with Gasteiger partial charge in [0.25, 0.3) is 0 Å². The van der Waals surface area contributed by atoms with Crippen LogP contribution in [0.15, 0.2) is 6.33 Å². The lowest BCUT2D eigenvalue weighted by Crippen LogP contribution is -2.37. The molecule has 1 rings (SSSR count). The van der Waals surface area contributed by atoms with Gasteiger partial charge in [0.15, 0.2) is 5.82 Å². The molecule has 0 saturated carbocycles. The van der Waals surface area contributed by atoms with E-state index in [0.29, 0.717) is 18.8 Å². The van der Waals surface area contributed by atoms with Crippen molar-refractivity contribution in [1.82, 2.24) is 20.1 Å². The van der Waals surface area contributed by atoms with Crippen LogP contribution in [-0.4, -0.2) is 25.7 Å². The first-order valence-electron chi connectivity index (χ1n) is 4.96. The van der Waals surface area contributed by atoms with E-state index >= 15 is 0 Å². The molecule has 0 fully saturated rings. The van der Waals surface area contributed by atoms with Crippen molar-refractivity contribution in [3.05, 3.63) is 12.2 Å². The predicted molar refractivity (Wildman–Crippen MR) is 63.4 cm³/mol. The first-order chi connectivity index (χ1) is 7.54. The molecular formula is C9H15N5OS. The van der Waals surface area contributed by atoms with E-state index in [0.717, 1.165) is 0 Å². The Morgan fingerprint density at radius 1 is 1.75 bits per heavy atom. The van der Waals surface area contributed by atoms with Crippen LogP contribution in [0.1, 0.15) is 19.2 Å². The van der Waals surface area contributed by atoms with Gasteiger partial charge in [-0.05, 0) is 6.42 Å². The minimum absolute atomic E-state index is 0.178. The number of nitrogens with two attached hydrogens (primary N) is 1. The van der Waals surface area contributed by atoms with Gasteiger partial charge in [-0.1, -0.05) is 19.1 Å². The average molecular weight is 241 g/mol. The summed E-state index contributed by atoms with van der Waals surface area (Å²) in [6.45, 7) is 2.15. The molecule has 0 aliphatic rings. The van der Waals surface area contributed by atoms with Gasteiger partial charge in [-0.2, -0.15) is 5.10 Å². The molecule has 1 heterocycles. The molecule has 0 bridgehead atoms. The van der Waals surface area contributed by atoms with Crippen LogP contribution in [0.25, 0.3) is 0 Å². The second-order valence-corrected chi connectivity index (χ2v) is 3.89. The van der Waals surface area contributed by atoms with E-state index in [-0.39, 0.29) is 10.9 Å². The molecule has 3 N–H and O–H groups in total. The van der Waals surface area contributed by atoms with Crippen molar-refractivity contribution in [2.75, 3.05) is 0 Å². The van der Waals surface area contributed by atoms with Crippen LogP contribution < -0.4 is 11.1 Å². The number of thiocarbonyl (C=S) groups is 1. The lowest BCUT2D eigenvalue weighted by atomic mass is 10.1. The summed E-state index contributed by atoms with van der Waals surface area (Å²) in [5, 5.41) is 6.74. The van der Waals surface area contributed by atoms with Gasteiger partial charge in [-0.15, -0.1) is 0 Å². The Kier molecular flexibility index (Phi) is 4.36. The highest BCUT2D eigenvalue weighted by Crippen LogP contribution is 2.03. The van der Waals surface area contributed by atoms with E-state index in [1.165, 1.54) is 0 Å². The van der Waals surface area contributed by atoms with Gasteiger partial charge >= 0.3 is 0 Å². The molecule has 1 unspecified atom stereocenters. The summed E-state index contributed by atoms with van der Waals surface area (Å²) in [7, 11) is 1.77. The number of hydrogen-bond donors (Lipinski definition) is 2. The Morgan fingerprint density at radius 3 is 2.88 bits per heavy atom. The quantitative estimate of drug-likeness (QED) is 0.694. The van der Waals surface area contributed by atoms with E-state index in [2.05, 4.69) is 15.4 Å². The van der Waals surface area contributed by atoms with Gasteiger partial charge in [0.1, 0.15) is 6.33 Å². The normalized spacial score (nSPS) is 12.1. The van der Waals surface area contributed by atoms with Crippen molar-refractivity contribution in [2.45, 2.75) is 19.9 Å². The highest BCUT2D eigenvalue weighted by Gasteiger charge is 2.18. The van der Waals surface area contributed by atoms with Crippen molar-refractivity contribution in [1.29, 1.82) is 0 Å². The fourth-order valence-electron chi connectivity index (χ4n) is 1.27. The molecule has 0 radical (unpaired) electrons. The lowest BCUT2D eigenvalue weighted by Gasteiger charge is -2.12. The zero-order chi connectivity index (χ0) is 12.1. The SMILES string of the molecule is CCC(C(=O)NCc1ncn(C)n1)C(N)=S. The monoisotopic (exact) mass is 241 g/mol. The van der Waals surface area contributed by atoms with Crippen LogP contribution in [0.2, 0.25) is 0 Å². The molecule has 0 aromatic carbocycles. The second-order valence-electron chi connectivity index (χ2n) is 3.42. The van der Waals surface area contributed by atoms with Gasteiger partial charge in [-0.3, -0.25) is 9.48 Å². The molecule has 0 aliphatic carbocycles. The van der Waals surface area contributed by atoms with Crippen LogP contribution in [0.4, 0.5) is 0 Å². The largest absolute Gasteiger partial charge is 0.393 e. The first-order valence-corrected chi connectivity index (χ1v) is 5.37. The average Bonchev–Trinajstić information content (AvgIpc) is 2.62. The number of aryl methyl sites for hydroxylation is 1. The summed E-state index contributed by atoms with van der Waals surface area (Å²) < 4.78 is 1.58. The van der Waals surface area contributed by atoms with Crippen LogP contribution in [0.5, 0.6) is 0 Å². The molecule has 1 aromatic rings. The fourth-order valence-corrected chi connectivity index (χ4v) is 1.54. The molecule has 0 spiro atoms. The zero-order valence-corrected chi connectivity index (χ0v) is 10.1. The van der Waals surface area contributed by atoms with Crippen molar-refractivity contribution < 1.29 is 4.79 Å². The van der Waals surface area contributed by atoms with Crippen molar-refractivity contribution >= 4 is 23.1 Å². The molecule has 1 aromatic heterocycles. The maximum Gasteiger partial charge on any atom is 0.230 e. The van der Waals surface area contributed by atoms with E-state index < -0.39 is 5.92 Å². The molecule has 7 heteroatoms. The number of nitrogens with zero attached hydrogens (tertiary/aromatic N) is 3. The van der Waals surface area contributed by atoms with Gasteiger partial charge in [0.2, 0.25) is 5.91 Å². The summed E-state index contributed by atoms with van der Waals surface area (Å²) >= 11 is 4.81. The maximum absolute atomic E-state index is 11.7. The number of amides is 1. The summed E-state index contributed by atoms with van der Waals surface area (Å²) in [5.41, 5.74) is 5.46. The third kappa shape index (κ3) is 3.27. The molecule has 88 valence electrons. The van der Waals surface area contributed by atoms with Gasteiger partial charge in [-0.25, -0.2) is 4.98 Å². The first kappa shape index (κ1) is 12.6. The third-order valence-electron chi connectivity index (χ3n) is 2.14. The van der Waals surface area contributed by atoms with Crippen LogP contribution in [0.3, 0.4) is 0 Å². The summed E-state index contributed by atoms with van der Waals surface area (Å²) in [6.07, 6.45) is 2.17. The van der Waals surface area contributed by atoms with Crippen LogP contribution in [0, 0.1) is 5.92 Å². The Bertz CT molecular complexity index is 389. The fraction of sp³-hybridized carbons (Fsp3) is 0.556. The third-order valence-corrected chi connectivity index (χ3v) is 2.42. The van der Waals surface area contributed by atoms with Gasteiger partial charge in [0, 0.05) is 7.05 Å². The molecular weight excluding hydrogens is 226 g/mol. The zero-order valence-electron chi connectivity index (χ0n) is 9.30. The van der Waals surface area contributed by atoms with E-state index in [9.17, 15) is 4.79 Å². The number of carbonyl (C=O) groups is 1. The predicted octanol–water partition coefficient (Wildman–Crippen LogP) is -0.256. The molecule has 1 amide bonds. The Hall–Kier alpha value is -1.50. The number of rotatable bonds is 5. The summed E-state index contributed by atoms with van der Waals surface area (Å²) in [5.74, 6) is -0.0326. The van der Waals surface area contributed by atoms with Gasteiger partial charge < -0.3 is 11.1 Å². The van der Waals surface area contributed by atoms with E-state index in [1.54, 1.807) is 18.1 Å². The Labute approximate surface area is 99.2 Å². The van der Waals surface area contributed by atoms with Gasteiger partial charge in [0.05, 0.1) is 17.5 Å². The van der Waals surface area contributed by atoms with Crippen LogP contribution >= 0.6 is 12.2 Å².